The third kappa shape index (κ3) is 1.60. The number of aldehydes is 2. The van der Waals surface area contributed by atoms with Crippen LogP contribution < -0.4 is 0 Å². The average Bonchev–Trinajstić information content (AvgIpc) is 2.79. The highest BCUT2D eigenvalue weighted by Crippen LogP contribution is 2.30. The maximum Gasteiger partial charge on any atom is 0.166 e. The molecular weight excluding hydrogens is 220 g/mol. The molecule has 0 fully saturated rings. The molecule has 0 bridgehead atoms. The third-order valence-electron chi connectivity index (χ3n) is 2.86. The first-order valence-electron chi connectivity index (χ1n) is 5.16. The minimum absolute atomic E-state index is 0.405. The highest BCUT2D eigenvalue weighted by molar-refractivity contribution is 5.93. The monoisotopic (exact) mass is 232 g/mol. The van der Waals surface area contributed by atoms with E-state index in [-0.39, 0.29) is 0 Å². The van der Waals surface area contributed by atoms with E-state index in [1.165, 1.54) is 0 Å². The minimum Gasteiger partial charge on any atom is -0.361 e. The van der Waals surface area contributed by atoms with E-state index in [1.54, 1.807) is 20.8 Å². The molecule has 0 aliphatic carbocycles. The molecule has 0 saturated carbocycles. The lowest BCUT2D eigenvalue weighted by Gasteiger charge is -1.98. The van der Waals surface area contributed by atoms with E-state index >= 15 is 0 Å². The second kappa shape index (κ2) is 4.01. The number of aryl methyl sites for hydroxylation is 2. The van der Waals surface area contributed by atoms with Gasteiger partial charge in [0, 0.05) is 5.56 Å². The number of carbonyl (C=O) groups excluding carboxylic acids is 2. The van der Waals surface area contributed by atoms with E-state index in [2.05, 4.69) is 10.1 Å². The molecule has 2 aromatic rings. The van der Waals surface area contributed by atoms with E-state index in [0.717, 1.165) is 11.8 Å². The summed E-state index contributed by atoms with van der Waals surface area (Å²) in [6.45, 7) is 5.28. The molecule has 0 amide bonds. The van der Waals surface area contributed by atoms with Gasteiger partial charge in [-0.2, -0.15) is 0 Å². The molecule has 0 spiro atoms. The Hall–Kier alpha value is -2.17. The smallest absolute Gasteiger partial charge is 0.166 e. The molecule has 2 heterocycles. The first-order valence-corrected chi connectivity index (χ1v) is 5.16. The molecule has 5 heteroatoms. The van der Waals surface area contributed by atoms with E-state index in [9.17, 15) is 9.59 Å². The van der Waals surface area contributed by atoms with Gasteiger partial charge < -0.3 is 9.51 Å². The molecule has 88 valence electrons. The minimum atomic E-state index is 0.405. The summed E-state index contributed by atoms with van der Waals surface area (Å²) in [5.41, 5.74) is 3.54. The van der Waals surface area contributed by atoms with Crippen LogP contribution in [0.5, 0.6) is 0 Å². The van der Waals surface area contributed by atoms with Crippen LogP contribution in [0.15, 0.2) is 4.52 Å². The molecule has 0 aliphatic rings. The van der Waals surface area contributed by atoms with Crippen LogP contribution >= 0.6 is 0 Å². The van der Waals surface area contributed by atoms with Gasteiger partial charge in [0.1, 0.15) is 5.76 Å². The third-order valence-corrected chi connectivity index (χ3v) is 2.86. The Kier molecular flexibility index (Phi) is 2.67. The first kappa shape index (κ1) is 11.3. The maximum absolute atomic E-state index is 11.1. The Morgan fingerprint density at radius 2 is 1.88 bits per heavy atom. The number of nitrogens with zero attached hydrogens (tertiary/aromatic N) is 1. The van der Waals surface area contributed by atoms with Crippen LogP contribution in [0.4, 0.5) is 0 Å². The SMILES string of the molecule is Cc1noc(C)c1-c1[nH]c(C=O)c(C)c1C=O. The number of nitrogens with one attached hydrogen (secondary N) is 1. The Morgan fingerprint density at radius 1 is 1.18 bits per heavy atom. The molecule has 0 aliphatic heterocycles. The van der Waals surface area contributed by atoms with Crippen molar-refractivity contribution in [1.82, 2.24) is 10.1 Å². The number of carbonyl (C=O) groups is 2. The van der Waals surface area contributed by atoms with Crippen molar-refractivity contribution in [3.63, 3.8) is 0 Å². The summed E-state index contributed by atoms with van der Waals surface area (Å²) in [7, 11) is 0. The van der Waals surface area contributed by atoms with Gasteiger partial charge in [-0.15, -0.1) is 0 Å². The van der Waals surface area contributed by atoms with Gasteiger partial charge in [0.2, 0.25) is 0 Å². The Balaban J connectivity index is 2.75. The fraction of sp³-hybridized carbons (Fsp3) is 0.250. The van der Waals surface area contributed by atoms with E-state index in [4.69, 9.17) is 4.52 Å². The molecule has 0 unspecified atom stereocenters. The highest BCUT2D eigenvalue weighted by atomic mass is 16.5. The van der Waals surface area contributed by atoms with Gasteiger partial charge in [-0.1, -0.05) is 5.16 Å². The van der Waals surface area contributed by atoms with Crippen LogP contribution in [0.3, 0.4) is 0 Å². The summed E-state index contributed by atoms with van der Waals surface area (Å²) in [6, 6.07) is 0. The largest absolute Gasteiger partial charge is 0.361 e. The summed E-state index contributed by atoms with van der Waals surface area (Å²) in [4.78, 5) is 24.9. The number of aromatic nitrogens is 2. The molecule has 0 radical (unpaired) electrons. The average molecular weight is 232 g/mol. The van der Waals surface area contributed by atoms with Crippen LogP contribution in [0.1, 0.15) is 37.9 Å². The first-order chi connectivity index (χ1) is 8.10. The van der Waals surface area contributed by atoms with E-state index < -0.39 is 0 Å². The summed E-state index contributed by atoms with van der Waals surface area (Å²) in [5.74, 6) is 0.615. The predicted octanol–water partition coefficient (Wildman–Crippen LogP) is 2.22. The number of H-pyrrole nitrogens is 1. The molecule has 0 aromatic carbocycles. The standard InChI is InChI=1S/C12H12N2O3/c1-6-9(4-15)12(13-10(6)5-16)11-7(2)14-17-8(11)3/h4-5,13H,1-3H3. The van der Waals surface area contributed by atoms with Gasteiger partial charge in [0.15, 0.2) is 12.6 Å². The van der Waals surface area contributed by atoms with Crippen molar-refractivity contribution < 1.29 is 14.1 Å². The zero-order valence-electron chi connectivity index (χ0n) is 9.83. The Labute approximate surface area is 97.8 Å². The van der Waals surface area contributed by atoms with Crippen molar-refractivity contribution in [2.45, 2.75) is 20.8 Å². The molecule has 1 N–H and O–H groups in total. The number of rotatable bonds is 3. The Bertz CT molecular complexity index is 574. The molecule has 5 nitrogen and oxygen atoms in total. The molecular formula is C12H12N2O3. The van der Waals surface area contributed by atoms with Crippen molar-refractivity contribution in [3.8, 4) is 11.3 Å². The van der Waals surface area contributed by atoms with Gasteiger partial charge >= 0.3 is 0 Å². The fourth-order valence-corrected chi connectivity index (χ4v) is 1.93. The van der Waals surface area contributed by atoms with Crippen LogP contribution in [0.25, 0.3) is 11.3 Å². The lowest BCUT2D eigenvalue weighted by molar-refractivity contribution is 0.111. The lowest BCUT2D eigenvalue weighted by atomic mass is 10.0. The molecule has 17 heavy (non-hydrogen) atoms. The molecule has 2 rings (SSSR count). The van der Waals surface area contributed by atoms with Crippen molar-refractivity contribution >= 4 is 12.6 Å². The zero-order chi connectivity index (χ0) is 12.6. The van der Waals surface area contributed by atoms with E-state index in [1.807, 2.05) is 0 Å². The van der Waals surface area contributed by atoms with E-state index in [0.29, 0.717) is 40.3 Å². The van der Waals surface area contributed by atoms with Gasteiger partial charge in [-0.05, 0) is 26.3 Å². The quantitative estimate of drug-likeness (QED) is 0.823. The summed E-state index contributed by atoms with van der Waals surface area (Å²) < 4.78 is 5.06. The van der Waals surface area contributed by atoms with Crippen LogP contribution in [0, 0.1) is 20.8 Å². The second-order valence-electron chi connectivity index (χ2n) is 3.89. The van der Waals surface area contributed by atoms with Crippen LogP contribution in [0.2, 0.25) is 0 Å². The van der Waals surface area contributed by atoms with Crippen molar-refractivity contribution in [1.29, 1.82) is 0 Å². The zero-order valence-corrected chi connectivity index (χ0v) is 9.83. The van der Waals surface area contributed by atoms with Gasteiger partial charge in [-0.25, -0.2) is 0 Å². The number of hydrogen-bond donors (Lipinski definition) is 1. The summed E-state index contributed by atoms with van der Waals surface area (Å²) in [6.07, 6.45) is 1.43. The normalized spacial score (nSPS) is 10.5. The van der Waals surface area contributed by atoms with Crippen molar-refractivity contribution in [2.24, 2.45) is 0 Å². The summed E-state index contributed by atoms with van der Waals surface area (Å²) >= 11 is 0. The fourth-order valence-electron chi connectivity index (χ4n) is 1.93. The van der Waals surface area contributed by atoms with Crippen LogP contribution in [-0.4, -0.2) is 22.7 Å². The maximum atomic E-state index is 11.1. The molecule has 0 saturated heterocycles. The topological polar surface area (TPSA) is 76.0 Å². The lowest BCUT2D eigenvalue weighted by Crippen LogP contribution is -1.88. The predicted molar refractivity (Wildman–Crippen MR) is 61.3 cm³/mol. The summed E-state index contributed by atoms with van der Waals surface area (Å²) in [5, 5.41) is 3.83. The molecule has 2 aromatic heterocycles. The number of hydrogen-bond acceptors (Lipinski definition) is 4. The second-order valence-corrected chi connectivity index (χ2v) is 3.89. The van der Waals surface area contributed by atoms with Gasteiger partial charge in [0.05, 0.1) is 22.6 Å². The highest BCUT2D eigenvalue weighted by Gasteiger charge is 2.20. The number of aromatic amines is 1. The Morgan fingerprint density at radius 3 is 2.35 bits per heavy atom. The van der Waals surface area contributed by atoms with Crippen molar-refractivity contribution in [3.05, 3.63) is 28.3 Å². The van der Waals surface area contributed by atoms with Gasteiger partial charge in [-0.3, -0.25) is 9.59 Å². The van der Waals surface area contributed by atoms with Gasteiger partial charge in [0.25, 0.3) is 0 Å². The van der Waals surface area contributed by atoms with Crippen LogP contribution in [-0.2, 0) is 0 Å². The molecule has 0 atom stereocenters. The van der Waals surface area contributed by atoms with Crippen molar-refractivity contribution in [2.75, 3.05) is 0 Å².